The highest BCUT2D eigenvalue weighted by Crippen LogP contribution is 2.43. The van der Waals surface area contributed by atoms with Gasteiger partial charge in [0.2, 0.25) is 5.92 Å². The number of nitrogens with one attached hydrogen (secondary N) is 1. The molecular weight excluding hydrogens is 190 g/mol. The van der Waals surface area contributed by atoms with Gasteiger partial charge in [-0.1, -0.05) is 0 Å². The summed E-state index contributed by atoms with van der Waals surface area (Å²) in [7, 11) is 0. The van der Waals surface area contributed by atoms with Crippen LogP contribution in [0, 0.1) is 0 Å². The smallest absolute Gasteiger partial charge is 0.248 e. The van der Waals surface area contributed by atoms with Crippen molar-refractivity contribution < 1.29 is 13.9 Å². The van der Waals surface area contributed by atoms with E-state index in [2.05, 4.69) is 9.97 Å². The Kier molecular flexibility index (Phi) is 2.26. The van der Waals surface area contributed by atoms with E-state index in [1.165, 1.54) is 6.20 Å². The molecule has 1 atom stereocenters. The third-order valence-electron chi connectivity index (χ3n) is 2.61. The van der Waals surface area contributed by atoms with Crippen molar-refractivity contribution in [3.63, 3.8) is 0 Å². The Morgan fingerprint density at radius 3 is 2.93 bits per heavy atom. The number of rotatable bonds is 2. The van der Waals surface area contributed by atoms with Crippen LogP contribution in [0.3, 0.4) is 0 Å². The summed E-state index contributed by atoms with van der Waals surface area (Å²) >= 11 is 0. The van der Waals surface area contributed by atoms with Crippen LogP contribution in [0.25, 0.3) is 0 Å². The minimum absolute atomic E-state index is 0.0627. The second-order valence-corrected chi connectivity index (χ2v) is 3.75. The number of aliphatic hydroxyl groups excluding tert-OH is 1. The minimum atomic E-state index is -2.54. The van der Waals surface area contributed by atoms with Gasteiger partial charge in [-0.25, -0.2) is 13.8 Å². The van der Waals surface area contributed by atoms with Gasteiger partial charge in [0.15, 0.2) is 0 Å². The molecule has 0 spiro atoms. The van der Waals surface area contributed by atoms with Crippen LogP contribution in [0.2, 0.25) is 0 Å². The average Bonchev–Trinajstić information content (AvgIpc) is 2.70. The third-order valence-corrected chi connectivity index (χ3v) is 2.61. The highest BCUT2D eigenvalue weighted by Gasteiger charge is 2.41. The molecule has 1 aromatic heterocycles. The van der Waals surface area contributed by atoms with Crippen LogP contribution in [0.5, 0.6) is 0 Å². The normalized spacial score (nSPS) is 25.5. The predicted molar refractivity (Wildman–Crippen MR) is 46.0 cm³/mol. The maximum absolute atomic E-state index is 12.9. The van der Waals surface area contributed by atoms with Crippen molar-refractivity contribution in [3.05, 3.63) is 17.7 Å². The molecule has 0 amide bonds. The standard InChI is InChI=1S/C9H12F2N2O/c10-9(11)2-1-6(3-9)8-12-4-7(5-14)13-8/h4,6,14H,1-3,5H2,(H,12,13). The van der Waals surface area contributed by atoms with Gasteiger partial charge in [0.25, 0.3) is 0 Å². The molecule has 1 fully saturated rings. The van der Waals surface area contributed by atoms with Gasteiger partial charge in [-0.3, -0.25) is 0 Å². The van der Waals surface area contributed by atoms with Gasteiger partial charge in [-0.05, 0) is 6.42 Å². The van der Waals surface area contributed by atoms with Gasteiger partial charge < -0.3 is 10.1 Å². The first-order chi connectivity index (χ1) is 6.61. The molecule has 1 saturated carbocycles. The fourth-order valence-corrected chi connectivity index (χ4v) is 1.85. The van der Waals surface area contributed by atoms with Gasteiger partial charge >= 0.3 is 0 Å². The van der Waals surface area contributed by atoms with E-state index < -0.39 is 5.92 Å². The second kappa shape index (κ2) is 3.31. The average molecular weight is 202 g/mol. The molecule has 2 rings (SSSR count). The molecule has 1 heterocycles. The molecule has 2 N–H and O–H groups in total. The Balaban J connectivity index is 2.09. The van der Waals surface area contributed by atoms with Crippen molar-refractivity contribution in [1.29, 1.82) is 0 Å². The van der Waals surface area contributed by atoms with E-state index in [4.69, 9.17) is 5.11 Å². The Bertz CT molecular complexity index is 324. The van der Waals surface area contributed by atoms with Crippen LogP contribution in [0.1, 0.15) is 36.7 Å². The summed E-state index contributed by atoms with van der Waals surface area (Å²) in [6.07, 6.45) is 1.76. The zero-order valence-electron chi connectivity index (χ0n) is 7.63. The van der Waals surface area contributed by atoms with Gasteiger partial charge in [-0.15, -0.1) is 0 Å². The molecule has 1 unspecified atom stereocenters. The van der Waals surface area contributed by atoms with E-state index in [1.807, 2.05) is 0 Å². The van der Waals surface area contributed by atoms with E-state index in [9.17, 15) is 8.78 Å². The van der Waals surface area contributed by atoms with E-state index in [0.717, 1.165) is 0 Å². The maximum atomic E-state index is 12.9. The molecule has 1 aromatic rings. The highest BCUT2D eigenvalue weighted by molar-refractivity contribution is 5.07. The van der Waals surface area contributed by atoms with Crippen LogP contribution in [0.4, 0.5) is 8.78 Å². The summed E-state index contributed by atoms with van der Waals surface area (Å²) in [5.74, 6) is -2.16. The predicted octanol–water partition coefficient (Wildman–Crippen LogP) is 1.80. The molecule has 0 radical (unpaired) electrons. The monoisotopic (exact) mass is 202 g/mol. The molecule has 0 aliphatic heterocycles. The summed E-state index contributed by atoms with van der Waals surface area (Å²) in [6, 6.07) is 0. The lowest BCUT2D eigenvalue weighted by molar-refractivity contribution is 0.00756. The highest BCUT2D eigenvalue weighted by atomic mass is 19.3. The number of aromatic amines is 1. The van der Waals surface area contributed by atoms with Crippen LogP contribution < -0.4 is 0 Å². The molecule has 5 heteroatoms. The maximum Gasteiger partial charge on any atom is 0.248 e. The first-order valence-corrected chi connectivity index (χ1v) is 4.63. The molecular formula is C9H12F2N2O. The number of nitrogens with zero attached hydrogens (tertiary/aromatic N) is 1. The van der Waals surface area contributed by atoms with Crippen molar-refractivity contribution >= 4 is 0 Å². The molecule has 14 heavy (non-hydrogen) atoms. The van der Waals surface area contributed by atoms with E-state index >= 15 is 0 Å². The Morgan fingerprint density at radius 2 is 2.43 bits per heavy atom. The van der Waals surface area contributed by atoms with Crippen molar-refractivity contribution in [3.8, 4) is 0 Å². The number of hydrogen-bond acceptors (Lipinski definition) is 2. The number of H-pyrrole nitrogens is 1. The van der Waals surface area contributed by atoms with Gasteiger partial charge in [-0.2, -0.15) is 0 Å². The zero-order valence-corrected chi connectivity index (χ0v) is 7.63. The number of hydrogen-bond donors (Lipinski definition) is 2. The third kappa shape index (κ3) is 1.77. The van der Waals surface area contributed by atoms with E-state index in [1.54, 1.807) is 0 Å². The Labute approximate surface area is 80.2 Å². The molecule has 0 bridgehead atoms. The van der Waals surface area contributed by atoms with Crippen molar-refractivity contribution in [2.75, 3.05) is 0 Å². The molecule has 1 aliphatic carbocycles. The van der Waals surface area contributed by atoms with Crippen molar-refractivity contribution in [2.45, 2.75) is 37.7 Å². The summed E-state index contributed by atoms with van der Waals surface area (Å²) in [6.45, 7) is -0.129. The quantitative estimate of drug-likeness (QED) is 0.768. The lowest BCUT2D eigenvalue weighted by Gasteiger charge is -2.07. The largest absolute Gasteiger partial charge is 0.390 e. The number of aliphatic hydroxyl groups is 1. The molecule has 0 aromatic carbocycles. The van der Waals surface area contributed by atoms with Crippen molar-refractivity contribution in [1.82, 2.24) is 9.97 Å². The summed E-state index contributed by atoms with van der Waals surface area (Å²) in [5, 5.41) is 8.78. The van der Waals surface area contributed by atoms with Crippen LogP contribution >= 0.6 is 0 Å². The summed E-state index contributed by atoms with van der Waals surface area (Å²) in [5.41, 5.74) is 0.579. The van der Waals surface area contributed by atoms with Crippen molar-refractivity contribution in [2.24, 2.45) is 0 Å². The van der Waals surface area contributed by atoms with Crippen LogP contribution in [0.15, 0.2) is 6.20 Å². The number of aromatic nitrogens is 2. The topological polar surface area (TPSA) is 48.9 Å². The minimum Gasteiger partial charge on any atom is -0.390 e. The Morgan fingerprint density at radius 1 is 1.64 bits per heavy atom. The number of imidazole rings is 1. The lowest BCUT2D eigenvalue weighted by Crippen LogP contribution is -2.09. The Hall–Kier alpha value is -0.970. The fraction of sp³-hybridized carbons (Fsp3) is 0.667. The van der Waals surface area contributed by atoms with Gasteiger partial charge in [0.1, 0.15) is 5.82 Å². The SMILES string of the molecule is OCc1cnc(C2CCC(F)(F)C2)[nH]1. The summed E-state index contributed by atoms with van der Waals surface area (Å²) in [4.78, 5) is 6.83. The van der Waals surface area contributed by atoms with Crippen LogP contribution in [-0.2, 0) is 6.61 Å². The first-order valence-electron chi connectivity index (χ1n) is 4.63. The fourth-order valence-electron chi connectivity index (χ4n) is 1.85. The molecule has 0 saturated heterocycles. The molecule has 1 aliphatic rings. The lowest BCUT2D eigenvalue weighted by atomic mass is 10.1. The van der Waals surface area contributed by atoms with E-state index in [0.29, 0.717) is 17.9 Å². The number of alkyl halides is 2. The first kappa shape index (κ1) is 9.58. The molecule has 3 nitrogen and oxygen atoms in total. The molecule has 78 valence electrons. The summed E-state index contributed by atoms with van der Waals surface area (Å²) < 4.78 is 25.8. The zero-order chi connectivity index (χ0) is 10.2. The van der Waals surface area contributed by atoms with Crippen LogP contribution in [-0.4, -0.2) is 21.0 Å². The van der Waals surface area contributed by atoms with Gasteiger partial charge in [0, 0.05) is 18.8 Å². The van der Waals surface area contributed by atoms with E-state index in [-0.39, 0.29) is 25.4 Å². The van der Waals surface area contributed by atoms with Gasteiger partial charge in [0.05, 0.1) is 18.5 Å². The number of halogens is 2. The second-order valence-electron chi connectivity index (χ2n) is 3.75.